The number of likely N-dealkylation sites (tertiary alicyclic amines) is 1. The van der Waals surface area contributed by atoms with Crippen LogP contribution < -0.4 is 0 Å². The summed E-state index contributed by atoms with van der Waals surface area (Å²) in [5.74, 6) is -1.22. The lowest BCUT2D eigenvalue weighted by Crippen LogP contribution is -2.52. The molecule has 0 aromatic rings. The van der Waals surface area contributed by atoms with E-state index in [0.717, 1.165) is 19.4 Å². The minimum atomic E-state index is -1.26. The van der Waals surface area contributed by atoms with Crippen molar-refractivity contribution < 1.29 is 19.4 Å². The third-order valence-corrected chi connectivity index (χ3v) is 4.94. The molecule has 0 aromatic heterocycles. The molecule has 1 aliphatic carbocycles. The van der Waals surface area contributed by atoms with Crippen LogP contribution in [0.5, 0.6) is 0 Å². The van der Waals surface area contributed by atoms with Gasteiger partial charge in [0.2, 0.25) is 5.91 Å². The van der Waals surface area contributed by atoms with Gasteiger partial charge in [0.05, 0.1) is 6.61 Å². The summed E-state index contributed by atoms with van der Waals surface area (Å²) in [5.41, 5.74) is -1.26. The Morgan fingerprint density at radius 1 is 1.32 bits per heavy atom. The monoisotopic (exact) mass is 310 g/mol. The number of likely N-dealkylation sites (N-methyl/N-ethyl adjacent to an activating group) is 1. The van der Waals surface area contributed by atoms with Gasteiger partial charge in [-0.3, -0.25) is 9.59 Å². The second-order valence-corrected chi connectivity index (χ2v) is 6.26. The van der Waals surface area contributed by atoms with Crippen LogP contribution in [0.3, 0.4) is 0 Å². The highest BCUT2D eigenvalue weighted by molar-refractivity contribution is 6.02. The molecular weight excluding hydrogens is 284 g/mol. The highest BCUT2D eigenvalue weighted by atomic mass is 16.5. The van der Waals surface area contributed by atoms with Crippen LogP contribution >= 0.6 is 0 Å². The van der Waals surface area contributed by atoms with Crippen molar-refractivity contribution in [3.63, 3.8) is 0 Å². The number of carbonyl (C=O) groups is 2. The summed E-state index contributed by atoms with van der Waals surface area (Å²) in [4.78, 5) is 28.3. The Morgan fingerprint density at radius 2 is 1.91 bits per heavy atom. The van der Waals surface area contributed by atoms with Crippen molar-refractivity contribution in [3.8, 4) is 0 Å². The van der Waals surface area contributed by atoms with Gasteiger partial charge in [-0.2, -0.15) is 0 Å². The molecule has 1 aliphatic heterocycles. The number of hydrogen-bond acceptors (Lipinski definition) is 4. The van der Waals surface area contributed by atoms with E-state index in [1.807, 2.05) is 0 Å². The summed E-state index contributed by atoms with van der Waals surface area (Å²) in [6.45, 7) is 2.84. The largest absolute Gasteiger partial charge is 0.480 e. The number of piperidine rings is 1. The van der Waals surface area contributed by atoms with Crippen molar-refractivity contribution in [2.24, 2.45) is 5.41 Å². The SMILES string of the molecule is COCCN(C)C1CCN(C(=O)C2(C(=O)O)CC=CC2)CC1. The lowest BCUT2D eigenvalue weighted by molar-refractivity contribution is -0.160. The molecule has 0 radical (unpaired) electrons. The number of carbonyl (C=O) groups excluding carboxylic acids is 1. The first-order valence-corrected chi connectivity index (χ1v) is 7.88. The Labute approximate surface area is 131 Å². The predicted molar refractivity (Wildman–Crippen MR) is 82.6 cm³/mol. The van der Waals surface area contributed by atoms with E-state index in [-0.39, 0.29) is 5.91 Å². The molecule has 1 fully saturated rings. The zero-order chi connectivity index (χ0) is 16.2. The number of hydrogen-bond donors (Lipinski definition) is 1. The van der Waals surface area contributed by atoms with Gasteiger partial charge in [-0.05, 0) is 32.7 Å². The van der Waals surface area contributed by atoms with Gasteiger partial charge in [0, 0.05) is 32.8 Å². The summed E-state index contributed by atoms with van der Waals surface area (Å²) < 4.78 is 5.09. The molecule has 0 bridgehead atoms. The van der Waals surface area contributed by atoms with Gasteiger partial charge in [-0.15, -0.1) is 0 Å². The van der Waals surface area contributed by atoms with Gasteiger partial charge >= 0.3 is 5.97 Å². The molecule has 6 heteroatoms. The van der Waals surface area contributed by atoms with Crippen LogP contribution in [0.15, 0.2) is 12.2 Å². The van der Waals surface area contributed by atoms with Gasteiger partial charge in [0.15, 0.2) is 5.41 Å². The second kappa shape index (κ2) is 7.24. The minimum Gasteiger partial charge on any atom is -0.480 e. The van der Waals surface area contributed by atoms with E-state index in [0.29, 0.717) is 38.6 Å². The molecule has 1 N–H and O–H groups in total. The first kappa shape index (κ1) is 17.0. The van der Waals surface area contributed by atoms with E-state index in [2.05, 4.69) is 11.9 Å². The number of amides is 1. The van der Waals surface area contributed by atoms with E-state index in [9.17, 15) is 14.7 Å². The number of rotatable bonds is 6. The van der Waals surface area contributed by atoms with Crippen LogP contribution in [0, 0.1) is 5.41 Å². The van der Waals surface area contributed by atoms with E-state index < -0.39 is 11.4 Å². The highest BCUT2D eigenvalue weighted by Gasteiger charge is 2.48. The molecule has 0 unspecified atom stereocenters. The maximum absolute atomic E-state index is 12.7. The maximum Gasteiger partial charge on any atom is 0.319 e. The fourth-order valence-electron chi connectivity index (χ4n) is 3.32. The van der Waals surface area contributed by atoms with E-state index in [1.54, 1.807) is 24.2 Å². The molecule has 1 heterocycles. The van der Waals surface area contributed by atoms with Gasteiger partial charge < -0.3 is 19.6 Å². The third-order valence-electron chi connectivity index (χ3n) is 4.94. The van der Waals surface area contributed by atoms with Gasteiger partial charge in [-0.25, -0.2) is 0 Å². The molecular formula is C16H26N2O4. The Balaban J connectivity index is 1.91. The molecule has 0 aromatic carbocycles. The highest BCUT2D eigenvalue weighted by Crippen LogP contribution is 2.36. The molecule has 2 aliphatic rings. The fraction of sp³-hybridized carbons (Fsp3) is 0.750. The Hall–Kier alpha value is -1.40. The maximum atomic E-state index is 12.7. The zero-order valence-corrected chi connectivity index (χ0v) is 13.5. The molecule has 2 rings (SSSR count). The van der Waals surface area contributed by atoms with Crippen molar-refractivity contribution in [2.75, 3.05) is 40.4 Å². The molecule has 0 saturated carbocycles. The van der Waals surface area contributed by atoms with Crippen molar-refractivity contribution in [3.05, 3.63) is 12.2 Å². The molecule has 1 saturated heterocycles. The average Bonchev–Trinajstić information content (AvgIpc) is 3.03. The standard InChI is InChI=1S/C16H26N2O4/c1-17(11-12-22-2)13-5-9-18(10-6-13)14(19)16(15(20)21)7-3-4-8-16/h3-4,13H,5-12H2,1-2H3,(H,20,21). The summed E-state index contributed by atoms with van der Waals surface area (Å²) in [5, 5.41) is 9.49. The number of nitrogens with zero attached hydrogens (tertiary/aromatic N) is 2. The number of ether oxygens (including phenoxy) is 1. The molecule has 1 amide bonds. The van der Waals surface area contributed by atoms with Gasteiger partial charge in [0.1, 0.15) is 0 Å². The molecule has 22 heavy (non-hydrogen) atoms. The smallest absolute Gasteiger partial charge is 0.319 e. The lowest BCUT2D eigenvalue weighted by atomic mass is 9.83. The second-order valence-electron chi connectivity index (χ2n) is 6.26. The average molecular weight is 310 g/mol. The minimum absolute atomic E-state index is 0.219. The fourth-order valence-corrected chi connectivity index (χ4v) is 3.32. The summed E-state index contributed by atoms with van der Waals surface area (Å²) in [6.07, 6.45) is 6.00. The number of carboxylic acid groups (broad SMARTS) is 1. The molecule has 0 atom stereocenters. The topological polar surface area (TPSA) is 70.1 Å². The first-order valence-electron chi connectivity index (χ1n) is 7.88. The Bertz CT molecular complexity index is 433. The summed E-state index contributed by atoms with van der Waals surface area (Å²) in [6, 6.07) is 0.432. The van der Waals surface area contributed by atoms with Crippen LogP contribution in [0.2, 0.25) is 0 Å². The summed E-state index contributed by atoms with van der Waals surface area (Å²) >= 11 is 0. The lowest BCUT2D eigenvalue weighted by Gasteiger charge is -2.39. The van der Waals surface area contributed by atoms with E-state index in [1.165, 1.54) is 0 Å². The molecule has 0 spiro atoms. The summed E-state index contributed by atoms with van der Waals surface area (Å²) in [7, 11) is 3.76. The van der Waals surface area contributed by atoms with E-state index in [4.69, 9.17) is 4.74 Å². The number of carboxylic acids is 1. The number of allylic oxidation sites excluding steroid dienone is 2. The molecule has 6 nitrogen and oxygen atoms in total. The van der Waals surface area contributed by atoms with Crippen molar-refractivity contribution in [1.82, 2.24) is 9.80 Å². The third kappa shape index (κ3) is 3.33. The van der Waals surface area contributed by atoms with Crippen LogP contribution in [0.1, 0.15) is 25.7 Å². The van der Waals surface area contributed by atoms with Crippen LogP contribution in [-0.4, -0.2) is 73.2 Å². The van der Waals surface area contributed by atoms with Gasteiger partial charge in [0.25, 0.3) is 0 Å². The first-order chi connectivity index (χ1) is 10.5. The van der Waals surface area contributed by atoms with Gasteiger partial charge in [-0.1, -0.05) is 12.2 Å². The van der Waals surface area contributed by atoms with Crippen LogP contribution in [0.25, 0.3) is 0 Å². The van der Waals surface area contributed by atoms with Crippen molar-refractivity contribution in [1.29, 1.82) is 0 Å². The van der Waals surface area contributed by atoms with E-state index >= 15 is 0 Å². The molecule has 124 valence electrons. The van der Waals surface area contributed by atoms with Crippen LogP contribution in [-0.2, 0) is 14.3 Å². The van der Waals surface area contributed by atoms with Crippen molar-refractivity contribution in [2.45, 2.75) is 31.7 Å². The van der Waals surface area contributed by atoms with Crippen LogP contribution in [0.4, 0.5) is 0 Å². The zero-order valence-electron chi connectivity index (χ0n) is 13.5. The number of methoxy groups -OCH3 is 1. The normalized spacial score (nSPS) is 21.5. The Morgan fingerprint density at radius 3 is 2.41 bits per heavy atom. The number of aliphatic carboxylic acids is 1. The predicted octanol–water partition coefficient (Wildman–Crippen LogP) is 0.977. The Kier molecular flexibility index (Phi) is 5.58. The quantitative estimate of drug-likeness (QED) is 0.585. The van der Waals surface area contributed by atoms with Crippen molar-refractivity contribution >= 4 is 11.9 Å².